The third-order valence-corrected chi connectivity index (χ3v) is 1.87. The molecule has 2 aromatic heterocycles. The second-order valence-corrected chi connectivity index (χ2v) is 3.00. The number of pyridine rings is 1. The Morgan fingerprint density at radius 1 is 1.25 bits per heavy atom. The first-order valence-electron chi connectivity index (χ1n) is 4.09. The molecule has 2 rings (SSSR count). The van der Waals surface area contributed by atoms with Gasteiger partial charge < -0.3 is 0 Å². The fourth-order valence-electron chi connectivity index (χ4n) is 1.15. The highest BCUT2D eigenvalue weighted by atomic mass is 19.4. The van der Waals surface area contributed by atoms with Crippen molar-refractivity contribution >= 4 is 5.65 Å². The molecule has 0 aliphatic rings. The lowest BCUT2D eigenvalue weighted by Gasteiger charge is -1.97. The zero-order valence-corrected chi connectivity index (χ0v) is 7.54. The number of rotatable bonds is 1. The number of nitrogens with zero attached hydrogens (tertiary/aromatic N) is 3. The van der Waals surface area contributed by atoms with Crippen molar-refractivity contribution in [2.24, 2.45) is 0 Å². The van der Waals surface area contributed by atoms with Gasteiger partial charge in [-0.25, -0.2) is 18.3 Å². The van der Waals surface area contributed by atoms with Crippen LogP contribution in [0.1, 0.15) is 17.8 Å². The Morgan fingerprint density at radius 2 is 1.94 bits per heavy atom. The summed E-state index contributed by atoms with van der Waals surface area (Å²) in [5, 5.41) is 3.12. The third-order valence-electron chi connectivity index (χ3n) is 1.87. The minimum Gasteiger partial charge on any atom is -0.221 e. The van der Waals surface area contributed by atoms with Gasteiger partial charge in [-0.05, 0) is 12.1 Å². The standard InChI is InChI=1S/C8H4F5N3/c9-6(10)4-1-2-16-5(3-4)14-7(15-16)8(11,12)13/h1-3,6H. The average molecular weight is 237 g/mol. The van der Waals surface area contributed by atoms with Crippen molar-refractivity contribution in [1.29, 1.82) is 0 Å². The van der Waals surface area contributed by atoms with Crippen molar-refractivity contribution < 1.29 is 22.0 Å². The summed E-state index contributed by atoms with van der Waals surface area (Å²) in [5.74, 6) is -1.35. The molecule has 16 heavy (non-hydrogen) atoms. The molecule has 0 N–H and O–H groups in total. The lowest BCUT2D eigenvalue weighted by atomic mass is 10.3. The molecule has 0 radical (unpaired) electrons. The van der Waals surface area contributed by atoms with Crippen molar-refractivity contribution in [2.75, 3.05) is 0 Å². The number of aromatic nitrogens is 3. The first-order chi connectivity index (χ1) is 7.38. The van der Waals surface area contributed by atoms with E-state index in [2.05, 4.69) is 10.1 Å². The molecule has 0 unspecified atom stereocenters. The molecule has 0 atom stereocenters. The first-order valence-corrected chi connectivity index (χ1v) is 4.09. The van der Waals surface area contributed by atoms with Crippen molar-refractivity contribution in [1.82, 2.24) is 14.6 Å². The zero-order chi connectivity index (χ0) is 11.9. The van der Waals surface area contributed by atoms with E-state index in [0.29, 0.717) is 0 Å². The van der Waals surface area contributed by atoms with E-state index in [1.54, 1.807) is 0 Å². The Kier molecular flexibility index (Phi) is 2.28. The van der Waals surface area contributed by atoms with Gasteiger partial charge in [0.15, 0.2) is 5.65 Å². The predicted octanol–water partition coefficient (Wildman–Crippen LogP) is 2.69. The van der Waals surface area contributed by atoms with Gasteiger partial charge in [-0.3, -0.25) is 0 Å². The fourth-order valence-corrected chi connectivity index (χ4v) is 1.15. The molecule has 86 valence electrons. The van der Waals surface area contributed by atoms with Gasteiger partial charge in [0.05, 0.1) is 0 Å². The molecule has 0 saturated carbocycles. The molecule has 8 heteroatoms. The highest BCUT2D eigenvalue weighted by Gasteiger charge is 2.36. The fraction of sp³-hybridized carbons (Fsp3) is 0.250. The molecule has 3 nitrogen and oxygen atoms in total. The van der Waals surface area contributed by atoms with E-state index >= 15 is 0 Å². The normalized spacial score (nSPS) is 12.6. The average Bonchev–Trinajstić information content (AvgIpc) is 2.58. The van der Waals surface area contributed by atoms with Crippen LogP contribution in [0.15, 0.2) is 18.3 Å². The third kappa shape index (κ3) is 1.82. The quantitative estimate of drug-likeness (QED) is 0.714. The molecule has 0 saturated heterocycles. The van der Waals surface area contributed by atoms with Crippen LogP contribution in [-0.2, 0) is 6.18 Å². The van der Waals surface area contributed by atoms with Gasteiger partial charge in [0.25, 0.3) is 12.2 Å². The second kappa shape index (κ2) is 3.39. The summed E-state index contributed by atoms with van der Waals surface area (Å²) < 4.78 is 61.9. The van der Waals surface area contributed by atoms with Gasteiger partial charge in [-0.2, -0.15) is 13.2 Å². The predicted molar refractivity (Wildman–Crippen MR) is 42.9 cm³/mol. The summed E-state index contributed by atoms with van der Waals surface area (Å²) >= 11 is 0. The van der Waals surface area contributed by atoms with Crippen molar-refractivity contribution in [2.45, 2.75) is 12.6 Å². The highest BCUT2D eigenvalue weighted by molar-refractivity contribution is 5.41. The number of hydrogen-bond acceptors (Lipinski definition) is 2. The summed E-state index contributed by atoms with van der Waals surface area (Å²) in [4.78, 5) is 3.12. The minimum absolute atomic E-state index is 0.259. The molecule has 0 aromatic carbocycles. The Hall–Kier alpha value is -1.73. The summed E-state index contributed by atoms with van der Waals surface area (Å²) in [6.45, 7) is 0. The molecule has 2 heterocycles. The highest BCUT2D eigenvalue weighted by Crippen LogP contribution is 2.27. The molecule has 2 aromatic rings. The SMILES string of the molecule is FC(F)c1ccn2nc(C(F)(F)F)nc2c1. The van der Waals surface area contributed by atoms with Crippen LogP contribution in [0.5, 0.6) is 0 Å². The molecule has 0 aliphatic carbocycles. The molecule has 0 fully saturated rings. The van der Waals surface area contributed by atoms with Crippen LogP contribution in [0.25, 0.3) is 5.65 Å². The van der Waals surface area contributed by atoms with E-state index in [0.717, 1.165) is 22.8 Å². The Bertz CT molecular complexity index is 516. The van der Waals surface area contributed by atoms with Crippen molar-refractivity contribution in [3.63, 3.8) is 0 Å². The van der Waals surface area contributed by atoms with E-state index in [1.165, 1.54) is 0 Å². The van der Waals surface area contributed by atoms with E-state index in [9.17, 15) is 22.0 Å². The van der Waals surface area contributed by atoms with Crippen molar-refractivity contribution in [3.05, 3.63) is 29.7 Å². The van der Waals surface area contributed by atoms with Crippen LogP contribution in [-0.4, -0.2) is 14.6 Å². The van der Waals surface area contributed by atoms with E-state index in [4.69, 9.17) is 0 Å². The molecule has 0 amide bonds. The smallest absolute Gasteiger partial charge is 0.221 e. The van der Waals surface area contributed by atoms with Crippen LogP contribution in [0.4, 0.5) is 22.0 Å². The van der Waals surface area contributed by atoms with E-state index in [-0.39, 0.29) is 5.65 Å². The van der Waals surface area contributed by atoms with Gasteiger partial charge >= 0.3 is 6.18 Å². The molecular formula is C8H4F5N3. The van der Waals surface area contributed by atoms with Gasteiger partial charge in [0.2, 0.25) is 0 Å². The maximum Gasteiger partial charge on any atom is 0.453 e. The molecule has 0 bridgehead atoms. The van der Waals surface area contributed by atoms with Crippen LogP contribution in [0, 0.1) is 0 Å². The Balaban J connectivity index is 2.54. The van der Waals surface area contributed by atoms with Gasteiger partial charge in [0, 0.05) is 11.8 Å². The minimum atomic E-state index is -4.68. The van der Waals surface area contributed by atoms with E-state index in [1.807, 2.05) is 0 Å². The van der Waals surface area contributed by atoms with Gasteiger partial charge in [-0.15, -0.1) is 5.10 Å². The van der Waals surface area contributed by atoms with Crippen molar-refractivity contribution in [3.8, 4) is 0 Å². The summed E-state index contributed by atoms with van der Waals surface area (Å²) in [7, 11) is 0. The summed E-state index contributed by atoms with van der Waals surface area (Å²) in [6.07, 6.45) is -6.42. The summed E-state index contributed by atoms with van der Waals surface area (Å²) in [6, 6.07) is 1.86. The summed E-state index contributed by atoms with van der Waals surface area (Å²) in [5.41, 5.74) is -0.654. The monoisotopic (exact) mass is 237 g/mol. The van der Waals surface area contributed by atoms with Gasteiger partial charge in [0.1, 0.15) is 0 Å². The largest absolute Gasteiger partial charge is 0.453 e. The zero-order valence-electron chi connectivity index (χ0n) is 7.54. The van der Waals surface area contributed by atoms with Crippen LogP contribution < -0.4 is 0 Å². The molecular weight excluding hydrogens is 233 g/mol. The Morgan fingerprint density at radius 3 is 2.50 bits per heavy atom. The van der Waals surface area contributed by atoms with E-state index < -0.39 is 24.0 Å². The number of alkyl halides is 5. The number of fused-ring (bicyclic) bond motifs is 1. The van der Waals surface area contributed by atoms with Crippen LogP contribution in [0.3, 0.4) is 0 Å². The second-order valence-electron chi connectivity index (χ2n) is 3.00. The maximum absolute atomic E-state index is 12.3. The van der Waals surface area contributed by atoms with Crippen LogP contribution >= 0.6 is 0 Å². The number of hydrogen-bond donors (Lipinski definition) is 0. The lowest BCUT2D eigenvalue weighted by Crippen LogP contribution is -2.07. The van der Waals surface area contributed by atoms with Gasteiger partial charge in [-0.1, -0.05) is 0 Å². The topological polar surface area (TPSA) is 30.2 Å². The Labute approximate surface area is 85.5 Å². The number of halogens is 5. The first kappa shape index (κ1) is 10.8. The molecule has 0 aliphatic heterocycles. The van der Waals surface area contributed by atoms with Crippen LogP contribution in [0.2, 0.25) is 0 Å². The molecule has 0 spiro atoms. The maximum atomic E-state index is 12.3. The lowest BCUT2D eigenvalue weighted by molar-refractivity contribution is -0.144.